The molecule has 3 rings (SSSR count). The molecule has 8 heteroatoms. The van der Waals surface area contributed by atoms with E-state index < -0.39 is 0 Å². The fourth-order valence-corrected chi connectivity index (χ4v) is 2.53. The number of benzene rings is 1. The summed E-state index contributed by atoms with van der Waals surface area (Å²) in [6.07, 6.45) is 1.69. The van der Waals surface area contributed by atoms with Crippen molar-refractivity contribution in [2.45, 2.75) is 13.5 Å². The molecule has 0 fully saturated rings. The highest BCUT2D eigenvalue weighted by atomic mass is 16.5. The summed E-state index contributed by atoms with van der Waals surface area (Å²) in [5.74, 6) is 1.62. The van der Waals surface area contributed by atoms with Crippen LogP contribution in [0.1, 0.15) is 21.9 Å². The summed E-state index contributed by atoms with van der Waals surface area (Å²) in [6, 6.07) is 14.5. The number of amides is 1. The number of aryl methyl sites for hydroxylation is 1. The first-order chi connectivity index (χ1) is 14.1. The van der Waals surface area contributed by atoms with Crippen LogP contribution >= 0.6 is 0 Å². The lowest BCUT2D eigenvalue weighted by molar-refractivity contribution is 0.0945. The number of ether oxygens (including phenoxy) is 2. The number of pyridine rings is 1. The van der Waals surface area contributed by atoms with Crippen molar-refractivity contribution in [3.05, 3.63) is 71.8 Å². The van der Waals surface area contributed by atoms with Gasteiger partial charge in [0.05, 0.1) is 25.9 Å². The van der Waals surface area contributed by atoms with Crippen LogP contribution in [0.15, 0.2) is 54.7 Å². The van der Waals surface area contributed by atoms with Gasteiger partial charge in [-0.2, -0.15) is 0 Å². The third kappa shape index (κ3) is 6.17. The van der Waals surface area contributed by atoms with Crippen LogP contribution in [0.2, 0.25) is 0 Å². The summed E-state index contributed by atoms with van der Waals surface area (Å²) in [5, 5.41) is 5.90. The standard InChI is InChI=1S/C21H23N5O3/c1-15-13-19(20(27)24-14-16-5-3-4-10-22-16)26-21(25-15)23-11-12-29-18-8-6-17(28-2)7-9-18/h3-10,13H,11-12,14H2,1-2H3,(H,24,27)(H,23,25,26). The molecular formula is C21H23N5O3. The van der Waals surface area contributed by atoms with Crippen LogP contribution in [-0.2, 0) is 6.54 Å². The van der Waals surface area contributed by atoms with Crippen LogP contribution in [0.3, 0.4) is 0 Å². The Morgan fingerprint density at radius 2 is 1.86 bits per heavy atom. The monoisotopic (exact) mass is 393 g/mol. The summed E-state index contributed by atoms with van der Waals surface area (Å²) in [7, 11) is 1.62. The highest BCUT2D eigenvalue weighted by molar-refractivity contribution is 5.92. The molecule has 1 amide bonds. The Balaban J connectivity index is 1.50. The van der Waals surface area contributed by atoms with Crippen molar-refractivity contribution >= 4 is 11.9 Å². The third-order valence-corrected chi connectivity index (χ3v) is 3.96. The van der Waals surface area contributed by atoms with Crippen molar-refractivity contribution < 1.29 is 14.3 Å². The van der Waals surface area contributed by atoms with E-state index >= 15 is 0 Å². The Labute approximate surface area is 169 Å². The SMILES string of the molecule is COc1ccc(OCCNc2nc(C)cc(C(=O)NCc3ccccn3)n2)cc1. The van der Waals surface area contributed by atoms with Gasteiger partial charge in [0.1, 0.15) is 23.8 Å². The molecule has 0 aliphatic heterocycles. The lowest BCUT2D eigenvalue weighted by Crippen LogP contribution is -2.25. The zero-order chi connectivity index (χ0) is 20.5. The van der Waals surface area contributed by atoms with E-state index in [4.69, 9.17) is 9.47 Å². The maximum absolute atomic E-state index is 12.4. The summed E-state index contributed by atoms with van der Waals surface area (Å²) < 4.78 is 10.8. The minimum Gasteiger partial charge on any atom is -0.497 e. The molecule has 2 heterocycles. The first kappa shape index (κ1) is 20.1. The van der Waals surface area contributed by atoms with Crippen molar-refractivity contribution in [3.8, 4) is 11.5 Å². The number of methoxy groups -OCH3 is 1. The topological polar surface area (TPSA) is 98.3 Å². The van der Waals surface area contributed by atoms with Gasteiger partial charge in [-0.15, -0.1) is 0 Å². The average molecular weight is 393 g/mol. The third-order valence-electron chi connectivity index (χ3n) is 3.96. The van der Waals surface area contributed by atoms with E-state index in [9.17, 15) is 4.79 Å². The van der Waals surface area contributed by atoms with Crippen molar-refractivity contribution in [1.29, 1.82) is 0 Å². The maximum Gasteiger partial charge on any atom is 0.270 e. The normalized spacial score (nSPS) is 10.3. The van der Waals surface area contributed by atoms with Gasteiger partial charge in [-0.25, -0.2) is 9.97 Å². The molecule has 0 aliphatic carbocycles. The number of carbonyl (C=O) groups excluding carboxylic acids is 1. The van der Waals surface area contributed by atoms with Crippen LogP contribution in [-0.4, -0.2) is 41.1 Å². The van der Waals surface area contributed by atoms with Gasteiger partial charge in [-0.3, -0.25) is 9.78 Å². The number of hydrogen-bond acceptors (Lipinski definition) is 7. The molecule has 150 valence electrons. The first-order valence-corrected chi connectivity index (χ1v) is 9.18. The van der Waals surface area contributed by atoms with Crippen molar-refractivity contribution in [1.82, 2.24) is 20.3 Å². The van der Waals surface area contributed by atoms with Crippen LogP contribution in [0.25, 0.3) is 0 Å². The average Bonchev–Trinajstić information content (AvgIpc) is 2.76. The molecule has 29 heavy (non-hydrogen) atoms. The minimum absolute atomic E-state index is 0.279. The second-order valence-corrected chi connectivity index (χ2v) is 6.17. The molecule has 0 radical (unpaired) electrons. The summed E-state index contributed by atoms with van der Waals surface area (Å²) in [5.41, 5.74) is 1.77. The Hall–Kier alpha value is -3.68. The van der Waals surface area contributed by atoms with Gasteiger partial charge in [0.15, 0.2) is 0 Å². The summed E-state index contributed by atoms with van der Waals surface area (Å²) >= 11 is 0. The van der Waals surface area contributed by atoms with Gasteiger partial charge in [-0.1, -0.05) is 6.07 Å². The van der Waals surface area contributed by atoms with E-state index in [0.29, 0.717) is 37.0 Å². The number of carbonyl (C=O) groups is 1. The van der Waals surface area contributed by atoms with Crippen molar-refractivity contribution in [3.63, 3.8) is 0 Å². The van der Waals surface area contributed by atoms with Crippen LogP contribution < -0.4 is 20.1 Å². The smallest absolute Gasteiger partial charge is 0.270 e. The molecule has 8 nitrogen and oxygen atoms in total. The quantitative estimate of drug-likeness (QED) is 0.539. The van der Waals surface area contributed by atoms with Gasteiger partial charge in [0.25, 0.3) is 5.91 Å². The molecule has 2 N–H and O–H groups in total. The van der Waals surface area contributed by atoms with E-state index in [1.54, 1.807) is 19.4 Å². The predicted molar refractivity (Wildman–Crippen MR) is 109 cm³/mol. The number of nitrogens with one attached hydrogen (secondary N) is 2. The number of rotatable bonds is 9. The lowest BCUT2D eigenvalue weighted by atomic mass is 10.3. The van der Waals surface area contributed by atoms with Crippen molar-refractivity contribution in [2.75, 3.05) is 25.6 Å². The number of nitrogens with zero attached hydrogens (tertiary/aromatic N) is 3. The summed E-state index contributed by atoms with van der Waals surface area (Å²) in [6.45, 7) is 3.06. The first-order valence-electron chi connectivity index (χ1n) is 9.18. The van der Waals surface area contributed by atoms with Crippen LogP contribution in [0, 0.1) is 6.92 Å². The van der Waals surface area contributed by atoms with Crippen LogP contribution in [0.5, 0.6) is 11.5 Å². The molecule has 0 atom stereocenters. The van der Waals surface area contributed by atoms with Gasteiger partial charge >= 0.3 is 0 Å². The fraction of sp³-hybridized carbons (Fsp3) is 0.238. The largest absolute Gasteiger partial charge is 0.497 e. The second kappa shape index (κ2) is 10.0. The van der Waals surface area contributed by atoms with Crippen LogP contribution in [0.4, 0.5) is 5.95 Å². The van der Waals surface area contributed by atoms with E-state index in [0.717, 1.165) is 17.2 Å². The molecule has 0 saturated heterocycles. The lowest BCUT2D eigenvalue weighted by Gasteiger charge is -2.10. The number of hydrogen-bond donors (Lipinski definition) is 2. The van der Waals surface area contributed by atoms with Gasteiger partial charge in [0.2, 0.25) is 5.95 Å². The molecular weight excluding hydrogens is 370 g/mol. The molecule has 0 unspecified atom stereocenters. The Bertz CT molecular complexity index is 933. The van der Waals surface area contributed by atoms with Gasteiger partial charge in [0, 0.05) is 11.9 Å². The molecule has 0 bridgehead atoms. The van der Waals surface area contributed by atoms with Crippen molar-refractivity contribution in [2.24, 2.45) is 0 Å². The highest BCUT2D eigenvalue weighted by Gasteiger charge is 2.10. The molecule has 0 saturated carbocycles. The maximum atomic E-state index is 12.4. The Morgan fingerprint density at radius 1 is 1.07 bits per heavy atom. The highest BCUT2D eigenvalue weighted by Crippen LogP contribution is 2.16. The molecule has 3 aromatic rings. The zero-order valence-electron chi connectivity index (χ0n) is 16.4. The fourth-order valence-electron chi connectivity index (χ4n) is 2.53. The summed E-state index contributed by atoms with van der Waals surface area (Å²) in [4.78, 5) is 25.2. The van der Waals surface area contributed by atoms with E-state index in [1.807, 2.05) is 49.4 Å². The Kier molecular flexibility index (Phi) is 6.94. The van der Waals surface area contributed by atoms with Gasteiger partial charge in [-0.05, 0) is 49.4 Å². The van der Waals surface area contributed by atoms with E-state index in [-0.39, 0.29) is 5.91 Å². The molecule has 2 aromatic heterocycles. The second-order valence-electron chi connectivity index (χ2n) is 6.17. The molecule has 0 spiro atoms. The zero-order valence-corrected chi connectivity index (χ0v) is 16.4. The molecule has 1 aromatic carbocycles. The van der Waals surface area contributed by atoms with E-state index in [1.165, 1.54) is 0 Å². The van der Waals surface area contributed by atoms with E-state index in [2.05, 4.69) is 25.6 Å². The van der Waals surface area contributed by atoms with Gasteiger partial charge < -0.3 is 20.1 Å². The molecule has 0 aliphatic rings. The number of aromatic nitrogens is 3. The number of anilines is 1. The Morgan fingerprint density at radius 3 is 2.59 bits per heavy atom. The predicted octanol–water partition coefficient (Wildman–Crippen LogP) is 2.61. The minimum atomic E-state index is -0.279.